The van der Waals surface area contributed by atoms with E-state index >= 15 is 0 Å². The number of rotatable bonds is 2. The Morgan fingerprint density at radius 3 is 2.38 bits per heavy atom. The van der Waals surface area contributed by atoms with Crippen LogP contribution in [0.15, 0.2) is 24.3 Å². The van der Waals surface area contributed by atoms with Crippen molar-refractivity contribution in [3.05, 3.63) is 35.0 Å². The summed E-state index contributed by atoms with van der Waals surface area (Å²) in [6.07, 6.45) is 0. The Hall–Kier alpha value is -1.88. The van der Waals surface area contributed by atoms with E-state index in [0.717, 1.165) is 0 Å². The molecule has 0 heterocycles. The van der Waals surface area contributed by atoms with Crippen LogP contribution in [0, 0.1) is 5.21 Å². The highest BCUT2D eigenvalue weighted by atomic mass is 16.5. The van der Waals surface area contributed by atoms with Crippen LogP contribution in [0.1, 0.15) is 10.4 Å². The Labute approximate surface area is 75.0 Å². The molecule has 0 aliphatic carbocycles. The monoisotopic (exact) mass is 179 g/mol. The fourth-order valence-corrected chi connectivity index (χ4v) is 0.862. The van der Waals surface area contributed by atoms with E-state index in [1.54, 1.807) is 0 Å². The van der Waals surface area contributed by atoms with Crippen molar-refractivity contribution in [2.45, 2.75) is 0 Å². The third-order valence-electron chi connectivity index (χ3n) is 1.55. The Bertz CT molecular complexity index is 332. The first kappa shape index (κ1) is 9.21. The van der Waals surface area contributed by atoms with E-state index in [2.05, 4.69) is 6.72 Å². The van der Waals surface area contributed by atoms with Gasteiger partial charge in [-0.2, -0.15) is 4.74 Å². The number of hydrazine groups is 1. The first-order valence-corrected chi connectivity index (χ1v) is 3.54. The van der Waals surface area contributed by atoms with Gasteiger partial charge in [0.15, 0.2) is 0 Å². The number of carbonyl (C=O) groups excluding carboxylic acids is 1. The standard InChI is InChI=1S/C8H9N3O2/c1-11(13)7-4-2-6(3-5-7)8(12)10-9/h2-5H,1,9H2,(H,10,12). The number of carbonyl (C=O) groups is 1. The van der Waals surface area contributed by atoms with Gasteiger partial charge in [0.05, 0.1) is 0 Å². The Balaban J connectivity index is 2.93. The largest absolute Gasteiger partial charge is 0.619 e. The lowest BCUT2D eigenvalue weighted by molar-refractivity contribution is -0.349. The predicted octanol–water partition coefficient (Wildman–Crippen LogP) is 0.132. The summed E-state index contributed by atoms with van der Waals surface area (Å²) < 4.78 is 0.462. The van der Waals surface area contributed by atoms with E-state index in [0.29, 0.717) is 16.0 Å². The molecule has 1 aromatic rings. The molecule has 0 fully saturated rings. The molecule has 68 valence electrons. The highest BCUT2D eigenvalue weighted by molar-refractivity contribution is 5.93. The summed E-state index contributed by atoms with van der Waals surface area (Å²) >= 11 is 0. The number of hydrogen-bond acceptors (Lipinski definition) is 3. The molecule has 1 aromatic carbocycles. The van der Waals surface area contributed by atoms with Gasteiger partial charge in [0.1, 0.15) is 6.72 Å². The molecular formula is C8H9N3O2. The number of nitrogen functional groups attached to an aromatic ring is 1. The summed E-state index contributed by atoms with van der Waals surface area (Å²) in [7, 11) is 0. The Morgan fingerprint density at radius 1 is 1.46 bits per heavy atom. The zero-order valence-corrected chi connectivity index (χ0v) is 6.86. The van der Waals surface area contributed by atoms with Crippen molar-refractivity contribution >= 4 is 18.3 Å². The van der Waals surface area contributed by atoms with Crippen LogP contribution in [-0.4, -0.2) is 17.4 Å². The molecule has 0 aromatic heterocycles. The lowest BCUT2D eigenvalue weighted by atomic mass is 10.2. The zero-order chi connectivity index (χ0) is 9.84. The molecule has 13 heavy (non-hydrogen) atoms. The molecule has 1 amide bonds. The molecular weight excluding hydrogens is 170 g/mol. The highest BCUT2D eigenvalue weighted by Gasteiger charge is 2.04. The van der Waals surface area contributed by atoms with Gasteiger partial charge < -0.3 is 5.21 Å². The molecule has 0 saturated carbocycles. The van der Waals surface area contributed by atoms with Crippen LogP contribution in [0.25, 0.3) is 0 Å². The van der Waals surface area contributed by atoms with Crippen molar-refractivity contribution < 1.29 is 9.53 Å². The van der Waals surface area contributed by atoms with Gasteiger partial charge in [0, 0.05) is 17.7 Å². The average molecular weight is 179 g/mol. The average Bonchev–Trinajstić information content (AvgIpc) is 2.17. The minimum atomic E-state index is -0.395. The van der Waals surface area contributed by atoms with Gasteiger partial charge in [-0.3, -0.25) is 10.2 Å². The second-order valence-corrected chi connectivity index (χ2v) is 2.40. The molecule has 0 radical (unpaired) electrons. The molecule has 0 bridgehead atoms. The third kappa shape index (κ3) is 2.03. The molecule has 3 N–H and O–H groups in total. The van der Waals surface area contributed by atoms with Crippen molar-refractivity contribution in [1.29, 1.82) is 0 Å². The smallest absolute Gasteiger partial charge is 0.265 e. The Morgan fingerprint density at radius 2 is 2.00 bits per heavy atom. The van der Waals surface area contributed by atoms with Gasteiger partial charge in [0.25, 0.3) is 5.91 Å². The number of nitrogens with one attached hydrogen (secondary N) is 1. The number of amides is 1. The van der Waals surface area contributed by atoms with Crippen LogP contribution in [-0.2, 0) is 0 Å². The first-order chi connectivity index (χ1) is 6.15. The Kier molecular flexibility index (Phi) is 2.61. The van der Waals surface area contributed by atoms with Crippen molar-refractivity contribution in [3.8, 4) is 0 Å². The summed E-state index contributed by atoms with van der Waals surface area (Å²) in [5, 5.41) is 10.7. The second-order valence-electron chi connectivity index (χ2n) is 2.40. The first-order valence-electron chi connectivity index (χ1n) is 3.54. The molecule has 0 atom stereocenters. The number of nitrogens with zero attached hydrogens (tertiary/aromatic N) is 1. The summed E-state index contributed by atoms with van der Waals surface area (Å²) in [5.41, 5.74) is 2.76. The molecule has 0 spiro atoms. The lowest BCUT2D eigenvalue weighted by Crippen LogP contribution is -2.29. The third-order valence-corrected chi connectivity index (χ3v) is 1.55. The maximum absolute atomic E-state index is 11.0. The molecule has 0 aliphatic heterocycles. The maximum atomic E-state index is 11.0. The van der Waals surface area contributed by atoms with E-state index in [9.17, 15) is 10.0 Å². The van der Waals surface area contributed by atoms with Crippen LogP contribution in [0.2, 0.25) is 0 Å². The normalized spacial score (nSPS) is 9.31. The van der Waals surface area contributed by atoms with Crippen molar-refractivity contribution in [1.82, 2.24) is 5.43 Å². The van der Waals surface area contributed by atoms with E-state index in [-0.39, 0.29) is 0 Å². The van der Waals surface area contributed by atoms with Crippen molar-refractivity contribution in [2.24, 2.45) is 5.84 Å². The van der Waals surface area contributed by atoms with Gasteiger partial charge in [-0.05, 0) is 12.1 Å². The van der Waals surface area contributed by atoms with Crippen molar-refractivity contribution in [3.63, 3.8) is 0 Å². The minimum Gasteiger partial charge on any atom is -0.619 e. The minimum absolute atomic E-state index is 0.383. The molecule has 5 nitrogen and oxygen atoms in total. The fourth-order valence-electron chi connectivity index (χ4n) is 0.862. The molecule has 1 rings (SSSR count). The predicted molar refractivity (Wildman–Crippen MR) is 48.5 cm³/mol. The number of nitrogens with two attached hydrogens (primary N) is 1. The number of benzene rings is 1. The summed E-state index contributed by atoms with van der Waals surface area (Å²) in [5.74, 6) is 4.52. The topological polar surface area (TPSA) is 81.2 Å². The van der Waals surface area contributed by atoms with Crippen molar-refractivity contribution in [2.75, 3.05) is 0 Å². The summed E-state index contributed by atoms with van der Waals surface area (Å²) in [6, 6.07) is 5.97. The van der Waals surface area contributed by atoms with Crippen LogP contribution in [0.5, 0.6) is 0 Å². The van der Waals surface area contributed by atoms with Gasteiger partial charge in [-0.15, -0.1) is 0 Å². The molecule has 0 aliphatic rings. The SMILES string of the molecule is C=[N+]([O-])c1ccc(C(=O)NN)cc1. The lowest BCUT2D eigenvalue weighted by Gasteiger charge is -2.01. The van der Waals surface area contributed by atoms with Gasteiger partial charge >= 0.3 is 0 Å². The second kappa shape index (κ2) is 3.68. The number of hydrogen-bond donors (Lipinski definition) is 2. The zero-order valence-electron chi connectivity index (χ0n) is 6.86. The summed E-state index contributed by atoms with van der Waals surface area (Å²) in [6.45, 7) is 3.16. The maximum Gasteiger partial charge on any atom is 0.265 e. The van der Waals surface area contributed by atoms with E-state index in [4.69, 9.17) is 5.84 Å². The van der Waals surface area contributed by atoms with Crippen LogP contribution < -0.4 is 11.3 Å². The molecule has 0 unspecified atom stereocenters. The fraction of sp³-hybridized carbons (Fsp3) is 0. The highest BCUT2D eigenvalue weighted by Crippen LogP contribution is 2.10. The van der Waals surface area contributed by atoms with Gasteiger partial charge in [0.2, 0.25) is 5.69 Å². The van der Waals surface area contributed by atoms with E-state index in [1.165, 1.54) is 24.3 Å². The van der Waals surface area contributed by atoms with Crippen LogP contribution in [0.4, 0.5) is 5.69 Å². The summed E-state index contributed by atoms with van der Waals surface area (Å²) in [4.78, 5) is 11.0. The van der Waals surface area contributed by atoms with E-state index in [1.807, 2.05) is 5.43 Å². The van der Waals surface area contributed by atoms with Gasteiger partial charge in [-0.25, -0.2) is 5.84 Å². The molecule has 5 heteroatoms. The quantitative estimate of drug-likeness (QED) is 0.169. The van der Waals surface area contributed by atoms with Crippen LogP contribution in [0.3, 0.4) is 0 Å². The van der Waals surface area contributed by atoms with E-state index < -0.39 is 5.91 Å². The van der Waals surface area contributed by atoms with Gasteiger partial charge in [-0.1, -0.05) is 0 Å². The molecule has 0 saturated heterocycles. The van der Waals surface area contributed by atoms with Crippen LogP contribution >= 0.6 is 0 Å².